The second kappa shape index (κ2) is 2.71. The fraction of sp³-hybridized carbons (Fsp3) is 1.00. The Balaban J connectivity index is 1.89. The summed E-state index contributed by atoms with van der Waals surface area (Å²) in [6.45, 7) is 2.75. The summed E-state index contributed by atoms with van der Waals surface area (Å²) >= 11 is 1.80. The second-order valence-electron chi connectivity index (χ2n) is 1.80. The van der Waals surface area contributed by atoms with Crippen LogP contribution in [0.4, 0.5) is 0 Å². The van der Waals surface area contributed by atoms with E-state index in [1.165, 1.54) is 0 Å². The molecule has 48 valence electrons. The van der Waals surface area contributed by atoms with E-state index in [4.69, 9.17) is 9.84 Å². The molecule has 1 rings (SSSR count). The summed E-state index contributed by atoms with van der Waals surface area (Å²) in [5, 5.41) is 8.95. The van der Waals surface area contributed by atoms with Gasteiger partial charge in [-0.1, -0.05) is 0 Å². The molecule has 1 fully saturated rings. The SMILES string of the molecule is CC1SC1OCCO. The second-order valence-corrected chi connectivity index (χ2v) is 3.28. The van der Waals surface area contributed by atoms with E-state index in [0.29, 0.717) is 17.3 Å². The number of hydrogen-bond acceptors (Lipinski definition) is 3. The lowest BCUT2D eigenvalue weighted by Gasteiger charge is -1.94. The fourth-order valence-corrected chi connectivity index (χ4v) is 1.10. The van der Waals surface area contributed by atoms with Gasteiger partial charge < -0.3 is 9.84 Å². The van der Waals surface area contributed by atoms with E-state index in [1.54, 1.807) is 11.8 Å². The van der Waals surface area contributed by atoms with Crippen LogP contribution in [-0.4, -0.2) is 29.0 Å². The van der Waals surface area contributed by atoms with E-state index in [2.05, 4.69) is 6.92 Å². The molecular formula is C5H10O2S. The largest absolute Gasteiger partial charge is 0.394 e. The highest BCUT2D eigenvalue weighted by Crippen LogP contribution is 2.41. The first-order valence-corrected chi connectivity index (χ1v) is 3.67. The first-order valence-electron chi connectivity index (χ1n) is 2.72. The molecule has 3 heteroatoms. The van der Waals surface area contributed by atoms with Crippen LogP contribution in [0, 0.1) is 0 Å². The van der Waals surface area contributed by atoms with Gasteiger partial charge in [-0.15, -0.1) is 11.8 Å². The molecule has 0 amide bonds. The van der Waals surface area contributed by atoms with Gasteiger partial charge in [0.15, 0.2) is 0 Å². The van der Waals surface area contributed by atoms with E-state index in [9.17, 15) is 0 Å². The normalized spacial score (nSPS) is 35.2. The van der Waals surface area contributed by atoms with Crippen molar-refractivity contribution in [2.45, 2.75) is 17.6 Å². The van der Waals surface area contributed by atoms with Crippen molar-refractivity contribution in [1.29, 1.82) is 0 Å². The van der Waals surface area contributed by atoms with Gasteiger partial charge in [-0.3, -0.25) is 0 Å². The molecule has 0 aromatic rings. The van der Waals surface area contributed by atoms with Crippen LogP contribution in [-0.2, 0) is 4.74 Å². The van der Waals surface area contributed by atoms with Crippen LogP contribution in [0.1, 0.15) is 6.92 Å². The minimum absolute atomic E-state index is 0.143. The third-order valence-corrected chi connectivity index (χ3v) is 2.20. The minimum atomic E-state index is 0.143. The quantitative estimate of drug-likeness (QED) is 0.568. The summed E-state index contributed by atoms with van der Waals surface area (Å²) in [5.41, 5.74) is 0.377. The Labute approximate surface area is 53.2 Å². The monoisotopic (exact) mass is 134 g/mol. The Kier molecular flexibility index (Phi) is 2.16. The van der Waals surface area contributed by atoms with E-state index < -0.39 is 0 Å². The van der Waals surface area contributed by atoms with Gasteiger partial charge in [0.1, 0.15) is 5.44 Å². The van der Waals surface area contributed by atoms with Crippen molar-refractivity contribution in [3.05, 3.63) is 0 Å². The standard InChI is InChI=1S/C5H10O2S/c1-4-5(8-4)7-3-2-6/h4-6H,2-3H2,1H3. The molecule has 0 aromatic heterocycles. The molecule has 1 aliphatic heterocycles. The predicted octanol–water partition coefficient (Wildman–Crippen LogP) is 0.457. The highest BCUT2D eigenvalue weighted by Gasteiger charge is 2.34. The summed E-state index contributed by atoms with van der Waals surface area (Å²) in [6, 6.07) is 0. The Morgan fingerprint density at radius 1 is 1.75 bits per heavy atom. The van der Waals surface area contributed by atoms with Crippen molar-refractivity contribution in [1.82, 2.24) is 0 Å². The molecule has 2 atom stereocenters. The number of aliphatic hydroxyl groups excluding tert-OH is 1. The average molecular weight is 134 g/mol. The molecular weight excluding hydrogens is 124 g/mol. The molecule has 2 nitrogen and oxygen atoms in total. The van der Waals surface area contributed by atoms with Crippen molar-refractivity contribution < 1.29 is 9.84 Å². The Hall–Kier alpha value is 0.270. The zero-order chi connectivity index (χ0) is 5.98. The lowest BCUT2D eigenvalue weighted by Crippen LogP contribution is -2.02. The van der Waals surface area contributed by atoms with Crippen molar-refractivity contribution in [3.8, 4) is 0 Å². The van der Waals surface area contributed by atoms with Gasteiger partial charge >= 0.3 is 0 Å². The van der Waals surface area contributed by atoms with Gasteiger partial charge in [-0.05, 0) is 6.92 Å². The van der Waals surface area contributed by atoms with E-state index in [0.717, 1.165) is 0 Å². The maximum atomic E-state index is 8.29. The molecule has 0 spiro atoms. The zero-order valence-corrected chi connectivity index (χ0v) is 5.65. The summed E-state index contributed by atoms with van der Waals surface area (Å²) in [5.74, 6) is 0. The molecule has 0 aromatic carbocycles. The molecule has 8 heavy (non-hydrogen) atoms. The van der Waals surface area contributed by atoms with Crippen molar-refractivity contribution in [3.63, 3.8) is 0 Å². The summed E-state index contributed by atoms with van der Waals surface area (Å²) in [6.07, 6.45) is 0. The van der Waals surface area contributed by atoms with Gasteiger partial charge in [0, 0.05) is 5.25 Å². The maximum Gasteiger partial charge on any atom is 0.115 e. The molecule has 1 aliphatic rings. The molecule has 2 unspecified atom stereocenters. The summed E-state index contributed by atoms with van der Waals surface area (Å²) < 4.78 is 5.13. The van der Waals surface area contributed by atoms with E-state index in [-0.39, 0.29) is 6.61 Å². The van der Waals surface area contributed by atoms with Gasteiger partial charge in [0.25, 0.3) is 0 Å². The lowest BCUT2D eigenvalue weighted by atomic mass is 10.5. The van der Waals surface area contributed by atoms with Crippen LogP contribution in [0.3, 0.4) is 0 Å². The van der Waals surface area contributed by atoms with Gasteiger partial charge in [-0.2, -0.15) is 0 Å². The van der Waals surface area contributed by atoms with Crippen molar-refractivity contribution in [2.75, 3.05) is 13.2 Å². The van der Waals surface area contributed by atoms with Crippen LogP contribution in [0.15, 0.2) is 0 Å². The summed E-state index contributed by atoms with van der Waals surface area (Å²) in [4.78, 5) is 0. The van der Waals surface area contributed by atoms with E-state index >= 15 is 0 Å². The molecule has 1 N–H and O–H groups in total. The zero-order valence-electron chi connectivity index (χ0n) is 4.83. The van der Waals surface area contributed by atoms with Crippen molar-refractivity contribution >= 4 is 11.8 Å². The Morgan fingerprint density at radius 3 is 2.75 bits per heavy atom. The number of thioether (sulfide) groups is 1. The van der Waals surface area contributed by atoms with Crippen LogP contribution in [0.5, 0.6) is 0 Å². The number of ether oxygens (including phenoxy) is 1. The maximum absolute atomic E-state index is 8.29. The first-order chi connectivity index (χ1) is 3.84. The van der Waals surface area contributed by atoms with Crippen LogP contribution in [0.2, 0.25) is 0 Å². The van der Waals surface area contributed by atoms with Crippen LogP contribution < -0.4 is 0 Å². The Morgan fingerprint density at radius 2 is 2.38 bits per heavy atom. The molecule has 0 bridgehead atoms. The molecule has 0 radical (unpaired) electrons. The van der Waals surface area contributed by atoms with Crippen molar-refractivity contribution in [2.24, 2.45) is 0 Å². The molecule has 0 saturated carbocycles. The van der Waals surface area contributed by atoms with Crippen LogP contribution in [0.25, 0.3) is 0 Å². The highest BCUT2D eigenvalue weighted by molar-refractivity contribution is 8.07. The van der Waals surface area contributed by atoms with Gasteiger partial charge in [-0.25, -0.2) is 0 Å². The lowest BCUT2D eigenvalue weighted by molar-refractivity contribution is 0.0913. The first kappa shape index (κ1) is 6.39. The highest BCUT2D eigenvalue weighted by atomic mass is 32.2. The van der Waals surface area contributed by atoms with E-state index in [1.807, 2.05) is 0 Å². The molecule has 0 aliphatic carbocycles. The predicted molar refractivity (Wildman–Crippen MR) is 33.9 cm³/mol. The number of aliphatic hydroxyl groups is 1. The smallest absolute Gasteiger partial charge is 0.115 e. The van der Waals surface area contributed by atoms with Gasteiger partial charge in [0.05, 0.1) is 13.2 Å². The number of hydrogen-bond donors (Lipinski definition) is 1. The van der Waals surface area contributed by atoms with Gasteiger partial charge in [0.2, 0.25) is 0 Å². The van der Waals surface area contributed by atoms with Crippen LogP contribution >= 0.6 is 11.8 Å². The summed E-state index contributed by atoms with van der Waals surface area (Å²) in [7, 11) is 0. The third-order valence-electron chi connectivity index (χ3n) is 1.03. The number of rotatable bonds is 3. The Bertz CT molecular complexity index is 76.8. The fourth-order valence-electron chi connectivity index (χ4n) is 0.510. The molecule has 1 saturated heterocycles. The topological polar surface area (TPSA) is 29.5 Å². The molecule has 1 heterocycles. The average Bonchev–Trinajstić information content (AvgIpc) is 2.42. The minimum Gasteiger partial charge on any atom is -0.394 e. The third kappa shape index (κ3) is 1.65.